The molecule has 0 aromatic carbocycles. The van der Waals surface area contributed by atoms with Crippen LogP contribution < -0.4 is 0 Å². The van der Waals surface area contributed by atoms with Crippen molar-refractivity contribution < 1.29 is 0 Å². The standard InChI is InChI=1S/C15H28/c1-4-5-6-7-14-8-10-15(11-9-14)12-13(2)3/h14-15H,2,4-12H2,1,3H3. The van der Waals surface area contributed by atoms with Crippen molar-refractivity contribution in [3.05, 3.63) is 12.2 Å². The number of allylic oxidation sites excluding steroid dienone is 1. The summed E-state index contributed by atoms with van der Waals surface area (Å²) in [6.45, 7) is 8.50. The van der Waals surface area contributed by atoms with Gasteiger partial charge < -0.3 is 0 Å². The third-order valence-electron chi connectivity index (χ3n) is 3.82. The average molecular weight is 208 g/mol. The number of unbranched alkanes of at least 4 members (excludes halogenated alkanes) is 2. The first-order chi connectivity index (χ1) is 7.22. The first kappa shape index (κ1) is 12.8. The van der Waals surface area contributed by atoms with Crippen LogP contribution in [0.15, 0.2) is 12.2 Å². The van der Waals surface area contributed by atoms with Crippen molar-refractivity contribution >= 4 is 0 Å². The van der Waals surface area contributed by atoms with Crippen molar-refractivity contribution in [2.24, 2.45) is 11.8 Å². The van der Waals surface area contributed by atoms with Crippen molar-refractivity contribution in [3.63, 3.8) is 0 Å². The van der Waals surface area contributed by atoms with Crippen LogP contribution in [-0.4, -0.2) is 0 Å². The van der Waals surface area contributed by atoms with Gasteiger partial charge in [0, 0.05) is 0 Å². The first-order valence-corrected chi connectivity index (χ1v) is 6.86. The third-order valence-corrected chi connectivity index (χ3v) is 3.82. The van der Waals surface area contributed by atoms with E-state index in [4.69, 9.17) is 0 Å². The Hall–Kier alpha value is -0.260. The molecule has 0 unspecified atom stereocenters. The van der Waals surface area contributed by atoms with E-state index in [1.165, 1.54) is 63.4 Å². The molecule has 0 heterocycles. The molecule has 1 fully saturated rings. The van der Waals surface area contributed by atoms with Crippen LogP contribution in [0.25, 0.3) is 0 Å². The molecule has 1 aliphatic carbocycles. The highest BCUT2D eigenvalue weighted by atomic mass is 14.3. The van der Waals surface area contributed by atoms with Gasteiger partial charge in [-0.3, -0.25) is 0 Å². The van der Waals surface area contributed by atoms with Gasteiger partial charge in [0.2, 0.25) is 0 Å². The number of hydrogen-bond donors (Lipinski definition) is 0. The van der Waals surface area contributed by atoms with Crippen molar-refractivity contribution in [3.8, 4) is 0 Å². The minimum Gasteiger partial charge on any atom is -0.100 e. The summed E-state index contributed by atoms with van der Waals surface area (Å²) in [6.07, 6.45) is 12.9. The quantitative estimate of drug-likeness (QED) is 0.408. The molecule has 0 N–H and O–H groups in total. The normalized spacial score (nSPS) is 26.5. The summed E-state index contributed by atoms with van der Waals surface area (Å²) < 4.78 is 0. The monoisotopic (exact) mass is 208 g/mol. The Morgan fingerprint density at radius 3 is 2.20 bits per heavy atom. The second-order valence-corrected chi connectivity index (χ2v) is 5.54. The average Bonchev–Trinajstić information content (AvgIpc) is 2.20. The fourth-order valence-electron chi connectivity index (χ4n) is 2.90. The third kappa shape index (κ3) is 5.39. The Morgan fingerprint density at radius 2 is 1.67 bits per heavy atom. The van der Waals surface area contributed by atoms with Crippen LogP contribution in [0.1, 0.15) is 71.6 Å². The lowest BCUT2D eigenvalue weighted by Gasteiger charge is -2.28. The van der Waals surface area contributed by atoms with E-state index < -0.39 is 0 Å². The van der Waals surface area contributed by atoms with E-state index in [0.29, 0.717) is 0 Å². The zero-order chi connectivity index (χ0) is 11.1. The fraction of sp³-hybridized carbons (Fsp3) is 0.867. The Morgan fingerprint density at radius 1 is 1.07 bits per heavy atom. The zero-order valence-electron chi connectivity index (χ0n) is 10.7. The van der Waals surface area contributed by atoms with E-state index >= 15 is 0 Å². The van der Waals surface area contributed by atoms with E-state index in [1.807, 2.05) is 0 Å². The van der Waals surface area contributed by atoms with Gasteiger partial charge in [0.1, 0.15) is 0 Å². The lowest BCUT2D eigenvalue weighted by molar-refractivity contribution is 0.257. The molecule has 0 radical (unpaired) electrons. The van der Waals surface area contributed by atoms with Crippen molar-refractivity contribution in [1.29, 1.82) is 0 Å². The number of hydrogen-bond acceptors (Lipinski definition) is 0. The van der Waals surface area contributed by atoms with Gasteiger partial charge >= 0.3 is 0 Å². The van der Waals surface area contributed by atoms with Gasteiger partial charge in [-0.1, -0.05) is 51.0 Å². The maximum atomic E-state index is 4.03. The molecule has 88 valence electrons. The highest BCUT2D eigenvalue weighted by Crippen LogP contribution is 2.34. The summed E-state index contributed by atoms with van der Waals surface area (Å²) >= 11 is 0. The van der Waals surface area contributed by atoms with Crippen LogP contribution in [-0.2, 0) is 0 Å². The molecular formula is C15H28. The minimum atomic E-state index is 0.963. The highest BCUT2D eigenvalue weighted by Gasteiger charge is 2.20. The summed E-state index contributed by atoms with van der Waals surface area (Å²) in [4.78, 5) is 0. The molecular weight excluding hydrogens is 180 g/mol. The van der Waals surface area contributed by atoms with Crippen LogP contribution >= 0.6 is 0 Å². The maximum absolute atomic E-state index is 4.03. The van der Waals surface area contributed by atoms with E-state index in [1.54, 1.807) is 0 Å². The Bertz CT molecular complexity index is 172. The smallest absolute Gasteiger partial charge is 0.0297 e. The topological polar surface area (TPSA) is 0 Å². The van der Waals surface area contributed by atoms with Gasteiger partial charge in [0.25, 0.3) is 0 Å². The zero-order valence-corrected chi connectivity index (χ0v) is 10.7. The van der Waals surface area contributed by atoms with Crippen LogP contribution in [0.2, 0.25) is 0 Å². The van der Waals surface area contributed by atoms with Crippen LogP contribution in [0.4, 0.5) is 0 Å². The molecule has 1 saturated carbocycles. The summed E-state index contributed by atoms with van der Waals surface area (Å²) in [5.41, 5.74) is 1.38. The predicted molar refractivity (Wildman–Crippen MR) is 69.0 cm³/mol. The summed E-state index contributed by atoms with van der Waals surface area (Å²) in [7, 11) is 0. The summed E-state index contributed by atoms with van der Waals surface area (Å²) in [6, 6.07) is 0. The molecule has 0 aliphatic heterocycles. The van der Waals surface area contributed by atoms with Crippen molar-refractivity contribution in [1.82, 2.24) is 0 Å². The van der Waals surface area contributed by atoms with Gasteiger partial charge in [-0.25, -0.2) is 0 Å². The van der Waals surface area contributed by atoms with E-state index in [9.17, 15) is 0 Å². The van der Waals surface area contributed by atoms with E-state index in [0.717, 1.165) is 11.8 Å². The van der Waals surface area contributed by atoms with Gasteiger partial charge in [0.15, 0.2) is 0 Å². The Labute approximate surface area is 96.2 Å². The lowest BCUT2D eigenvalue weighted by atomic mass is 9.78. The molecule has 15 heavy (non-hydrogen) atoms. The Kier molecular flexibility index (Phi) is 6.05. The molecule has 0 spiro atoms. The molecule has 0 aromatic rings. The number of rotatable bonds is 6. The largest absolute Gasteiger partial charge is 0.100 e. The van der Waals surface area contributed by atoms with Crippen LogP contribution in [0, 0.1) is 11.8 Å². The molecule has 0 atom stereocenters. The van der Waals surface area contributed by atoms with Gasteiger partial charge in [-0.05, 0) is 38.0 Å². The molecule has 0 saturated heterocycles. The van der Waals surface area contributed by atoms with Gasteiger partial charge in [-0.15, -0.1) is 6.58 Å². The molecule has 1 aliphatic rings. The van der Waals surface area contributed by atoms with Crippen molar-refractivity contribution in [2.45, 2.75) is 71.6 Å². The second-order valence-electron chi connectivity index (χ2n) is 5.54. The second kappa shape index (κ2) is 7.09. The minimum absolute atomic E-state index is 0.963. The molecule has 0 aromatic heterocycles. The van der Waals surface area contributed by atoms with E-state index in [-0.39, 0.29) is 0 Å². The lowest BCUT2D eigenvalue weighted by Crippen LogP contribution is -2.14. The molecule has 0 amide bonds. The van der Waals surface area contributed by atoms with E-state index in [2.05, 4.69) is 20.4 Å². The Balaban J connectivity index is 2.10. The van der Waals surface area contributed by atoms with Crippen LogP contribution in [0.3, 0.4) is 0 Å². The predicted octanol–water partition coefficient (Wildman–Crippen LogP) is 5.34. The summed E-state index contributed by atoms with van der Waals surface area (Å²) in [5, 5.41) is 0. The maximum Gasteiger partial charge on any atom is -0.0297 e. The van der Waals surface area contributed by atoms with Crippen molar-refractivity contribution in [2.75, 3.05) is 0 Å². The first-order valence-electron chi connectivity index (χ1n) is 6.86. The van der Waals surface area contributed by atoms with Crippen LogP contribution in [0.5, 0.6) is 0 Å². The molecule has 1 rings (SSSR count). The molecule has 0 heteroatoms. The van der Waals surface area contributed by atoms with Gasteiger partial charge in [-0.2, -0.15) is 0 Å². The fourth-order valence-corrected chi connectivity index (χ4v) is 2.90. The SMILES string of the molecule is C=C(C)CC1CCC(CCCCC)CC1. The summed E-state index contributed by atoms with van der Waals surface area (Å²) in [5.74, 6) is 2.02. The van der Waals surface area contributed by atoms with Gasteiger partial charge in [0.05, 0.1) is 0 Å². The highest BCUT2D eigenvalue weighted by molar-refractivity contribution is 4.91. The molecule has 0 bridgehead atoms. The molecule has 0 nitrogen and oxygen atoms in total.